The summed E-state index contributed by atoms with van der Waals surface area (Å²) in [5, 5.41) is 3.36. The molecule has 0 saturated heterocycles. The molecule has 0 atom stereocenters. The Labute approximate surface area is 167 Å². The number of halogens is 1. The van der Waals surface area contributed by atoms with Crippen LogP contribution in [0.3, 0.4) is 0 Å². The first kappa shape index (κ1) is 17.9. The number of carbonyl (C=O) groups excluding carboxylic acids is 1. The molecule has 0 aliphatic rings. The molecule has 5 nitrogen and oxygen atoms in total. The van der Waals surface area contributed by atoms with Gasteiger partial charge in [0.2, 0.25) is 0 Å². The fourth-order valence-corrected chi connectivity index (χ4v) is 2.94. The standard InChI is InChI=1S/C22H16ClN3O2/c1-14-13-24-20-9-8-19(12-21(20)25-14)28-18-7-3-6-17(11-18)26-22(27)15-4-2-5-16(23)10-15/h2-13H,1H3,(H,26,27). The molecule has 138 valence electrons. The van der Waals surface area contributed by atoms with Gasteiger partial charge in [-0.1, -0.05) is 23.7 Å². The van der Waals surface area contributed by atoms with E-state index in [1.807, 2.05) is 37.3 Å². The second-order valence-electron chi connectivity index (χ2n) is 6.26. The summed E-state index contributed by atoms with van der Waals surface area (Å²) in [4.78, 5) is 21.2. The average Bonchev–Trinajstić information content (AvgIpc) is 2.68. The lowest BCUT2D eigenvalue weighted by atomic mass is 10.2. The van der Waals surface area contributed by atoms with Crippen LogP contribution in [-0.4, -0.2) is 15.9 Å². The van der Waals surface area contributed by atoms with Crippen molar-refractivity contribution in [2.45, 2.75) is 6.92 Å². The van der Waals surface area contributed by atoms with Crippen LogP contribution < -0.4 is 10.1 Å². The Hall–Kier alpha value is -3.44. The molecule has 4 aromatic rings. The lowest BCUT2D eigenvalue weighted by molar-refractivity contribution is 0.102. The number of hydrogen-bond donors (Lipinski definition) is 1. The number of hydrogen-bond acceptors (Lipinski definition) is 4. The van der Waals surface area contributed by atoms with Crippen LogP contribution in [0.5, 0.6) is 11.5 Å². The molecule has 0 fully saturated rings. The van der Waals surface area contributed by atoms with E-state index in [0.717, 1.165) is 16.7 Å². The summed E-state index contributed by atoms with van der Waals surface area (Å²) in [6, 6.07) is 19.5. The maximum Gasteiger partial charge on any atom is 0.255 e. The maximum atomic E-state index is 12.4. The van der Waals surface area contributed by atoms with Crippen LogP contribution in [0.4, 0.5) is 5.69 Å². The number of ether oxygens (including phenoxy) is 1. The molecule has 3 aromatic carbocycles. The van der Waals surface area contributed by atoms with Crippen molar-refractivity contribution in [3.63, 3.8) is 0 Å². The summed E-state index contributed by atoms with van der Waals surface area (Å²) < 4.78 is 5.93. The number of benzene rings is 3. The molecule has 0 unspecified atom stereocenters. The molecular weight excluding hydrogens is 374 g/mol. The Kier molecular flexibility index (Phi) is 4.91. The quantitative estimate of drug-likeness (QED) is 0.490. The normalized spacial score (nSPS) is 10.6. The summed E-state index contributed by atoms with van der Waals surface area (Å²) in [6.45, 7) is 1.89. The topological polar surface area (TPSA) is 64.1 Å². The van der Waals surface area contributed by atoms with Gasteiger partial charge < -0.3 is 10.1 Å². The summed E-state index contributed by atoms with van der Waals surface area (Å²) in [5.41, 5.74) is 3.53. The van der Waals surface area contributed by atoms with E-state index >= 15 is 0 Å². The van der Waals surface area contributed by atoms with Crippen molar-refractivity contribution in [3.8, 4) is 11.5 Å². The summed E-state index contributed by atoms with van der Waals surface area (Å²) in [6.07, 6.45) is 1.73. The van der Waals surface area contributed by atoms with Gasteiger partial charge in [-0.2, -0.15) is 0 Å². The fraction of sp³-hybridized carbons (Fsp3) is 0.0455. The fourth-order valence-electron chi connectivity index (χ4n) is 2.75. The number of carbonyl (C=O) groups is 1. The van der Waals surface area contributed by atoms with Gasteiger partial charge >= 0.3 is 0 Å². The zero-order valence-electron chi connectivity index (χ0n) is 15.0. The predicted octanol–water partition coefficient (Wildman–Crippen LogP) is 5.64. The van der Waals surface area contributed by atoms with Gasteiger partial charge in [0, 0.05) is 34.6 Å². The smallest absolute Gasteiger partial charge is 0.255 e. The van der Waals surface area contributed by atoms with E-state index in [2.05, 4.69) is 15.3 Å². The first-order chi connectivity index (χ1) is 13.6. The van der Waals surface area contributed by atoms with Crippen molar-refractivity contribution in [2.24, 2.45) is 0 Å². The first-order valence-corrected chi connectivity index (χ1v) is 9.03. The van der Waals surface area contributed by atoms with Gasteiger partial charge in [0.1, 0.15) is 11.5 Å². The minimum atomic E-state index is -0.240. The number of fused-ring (bicyclic) bond motifs is 1. The molecule has 0 radical (unpaired) electrons. The highest BCUT2D eigenvalue weighted by atomic mass is 35.5. The number of aryl methyl sites for hydroxylation is 1. The van der Waals surface area contributed by atoms with Crippen LogP contribution in [-0.2, 0) is 0 Å². The molecule has 1 heterocycles. The van der Waals surface area contributed by atoms with Crippen molar-refractivity contribution in [3.05, 3.63) is 89.2 Å². The number of nitrogens with one attached hydrogen (secondary N) is 1. The minimum Gasteiger partial charge on any atom is -0.457 e. The lowest BCUT2D eigenvalue weighted by Gasteiger charge is -2.10. The van der Waals surface area contributed by atoms with Crippen molar-refractivity contribution in [1.82, 2.24) is 9.97 Å². The summed E-state index contributed by atoms with van der Waals surface area (Å²) >= 11 is 5.95. The predicted molar refractivity (Wildman–Crippen MR) is 110 cm³/mol. The third kappa shape index (κ3) is 4.10. The van der Waals surface area contributed by atoms with E-state index in [1.165, 1.54) is 0 Å². The number of nitrogens with zero attached hydrogens (tertiary/aromatic N) is 2. The third-order valence-electron chi connectivity index (χ3n) is 4.05. The van der Waals surface area contributed by atoms with Crippen LogP contribution in [0.2, 0.25) is 5.02 Å². The van der Waals surface area contributed by atoms with E-state index in [9.17, 15) is 4.79 Å². The number of rotatable bonds is 4. The Bertz CT molecular complexity index is 1180. The van der Waals surface area contributed by atoms with Gasteiger partial charge in [-0.05, 0) is 49.4 Å². The minimum absolute atomic E-state index is 0.240. The molecule has 0 aliphatic carbocycles. The lowest BCUT2D eigenvalue weighted by Crippen LogP contribution is -2.11. The molecule has 1 aromatic heterocycles. The average molecular weight is 390 g/mol. The van der Waals surface area contributed by atoms with Crippen LogP contribution >= 0.6 is 11.6 Å². The highest BCUT2D eigenvalue weighted by molar-refractivity contribution is 6.31. The zero-order valence-corrected chi connectivity index (χ0v) is 15.8. The van der Waals surface area contributed by atoms with E-state index in [4.69, 9.17) is 16.3 Å². The van der Waals surface area contributed by atoms with Gasteiger partial charge in [-0.15, -0.1) is 0 Å². The second-order valence-corrected chi connectivity index (χ2v) is 6.69. The van der Waals surface area contributed by atoms with Crippen LogP contribution in [0.1, 0.15) is 16.1 Å². The number of aromatic nitrogens is 2. The second kappa shape index (κ2) is 7.66. The third-order valence-corrected chi connectivity index (χ3v) is 4.28. The molecule has 0 spiro atoms. The van der Waals surface area contributed by atoms with Crippen molar-refractivity contribution >= 4 is 34.2 Å². The van der Waals surface area contributed by atoms with Crippen molar-refractivity contribution in [2.75, 3.05) is 5.32 Å². The monoisotopic (exact) mass is 389 g/mol. The molecular formula is C22H16ClN3O2. The van der Waals surface area contributed by atoms with E-state index in [1.54, 1.807) is 42.6 Å². The summed E-state index contributed by atoms with van der Waals surface area (Å²) in [7, 11) is 0. The molecule has 6 heteroatoms. The van der Waals surface area contributed by atoms with Crippen molar-refractivity contribution in [1.29, 1.82) is 0 Å². The summed E-state index contributed by atoms with van der Waals surface area (Å²) in [5.74, 6) is 1.01. The van der Waals surface area contributed by atoms with Gasteiger partial charge in [0.25, 0.3) is 5.91 Å². The SMILES string of the molecule is Cc1cnc2ccc(Oc3cccc(NC(=O)c4cccc(Cl)c4)c3)cc2n1. The molecule has 0 saturated carbocycles. The van der Waals surface area contributed by atoms with Gasteiger partial charge in [-0.3, -0.25) is 9.78 Å². The molecule has 0 aliphatic heterocycles. The van der Waals surface area contributed by atoms with Gasteiger partial charge in [-0.25, -0.2) is 4.98 Å². The number of amides is 1. The van der Waals surface area contributed by atoms with Crippen molar-refractivity contribution < 1.29 is 9.53 Å². The first-order valence-electron chi connectivity index (χ1n) is 8.65. The van der Waals surface area contributed by atoms with Crippen LogP contribution in [0, 0.1) is 6.92 Å². The Morgan fingerprint density at radius 1 is 0.964 bits per heavy atom. The van der Waals surface area contributed by atoms with Gasteiger partial charge in [0.05, 0.1) is 16.7 Å². The Morgan fingerprint density at radius 2 is 1.79 bits per heavy atom. The highest BCUT2D eigenvalue weighted by Crippen LogP contribution is 2.26. The van der Waals surface area contributed by atoms with E-state index in [-0.39, 0.29) is 5.91 Å². The number of anilines is 1. The molecule has 28 heavy (non-hydrogen) atoms. The van der Waals surface area contributed by atoms with E-state index < -0.39 is 0 Å². The van der Waals surface area contributed by atoms with E-state index in [0.29, 0.717) is 27.8 Å². The molecule has 4 rings (SSSR count). The Balaban J connectivity index is 1.53. The van der Waals surface area contributed by atoms with Gasteiger partial charge in [0.15, 0.2) is 0 Å². The molecule has 0 bridgehead atoms. The zero-order chi connectivity index (χ0) is 19.5. The maximum absolute atomic E-state index is 12.4. The van der Waals surface area contributed by atoms with Crippen LogP contribution in [0.25, 0.3) is 11.0 Å². The highest BCUT2D eigenvalue weighted by Gasteiger charge is 2.08. The Morgan fingerprint density at radius 3 is 2.64 bits per heavy atom. The molecule has 1 N–H and O–H groups in total. The molecule has 1 amide bonds. The van der Waals surface area contributed by atoms with Crippen LogP contribution in [0.15, 0.2) is 72.9 Å². The largest absolute Gasteiger partial charge is 0.457 e.